The lowest BCUT2D eigenvalue weighted by Gasteiger charge is -2.01. The molecule has 62 valence electrons. The Bertz CT molecular complexity index is 299. The molecule has 1 aromatic rings. The molecule has 0 bridgehead atoms. The summed E-state index contributed by atoms with van der Waals surface area (Å²) in [7, 11) is 0. The molecule has 0 aliphatic carbocycles. The number of alkyl halides is 1. The molecule has 0 aliphatic heterocycles. The molecule has 0 aromatic heterocycles. The Morgan fingerprint density at radius 3 is 2.92 bits per heavy atom. The monoisotopic (exact) mass is 163 g/mol. The molecule has 0 saturated carbocycles. The van der Waals surface area contributed by atoms with Crippen molar-refractivity contribution in [2.75, 3.05) is 0 Å². The van der Waals surface area contributed by atoms with Gasteiger partial charge in [0.2, 0.25) is 0 Å². The van der Waals surface area contributed by atoms with E-state index in [2.05, 4.69) is 0 Å². The fourth-order valence-electron chi connectivity index (χ4n) is 1.09. The molecule has 1 unspecified atom stereocenters. The lowest BCUT2D eigenvalue weighted by atomic mass is 10.1. The second-order valence-electron chi connectivity index (χ2n) is 2.80. The Labute approximate surface area is 71.4 Å². The molecule has 1 rings (SSSR count). The summed E-state index contributed by atoms with van der Waals surface area (Å²) in [6.07, 6.45) is -0.464. The zero-order valence-corrected chi connectivity index (χ0v) is 6.92. The molecule has 1 aromatic carbocycles. The van der Waals surface area contributed by atoms with Crippen LogP contribution in [0.25, 0.3) is 0 Å². The number of hydrogen-bond donors (Lipinski definition) is 0. The van der Waals surface area contributed by atoms with E-state index in [1.807, 2.05) is 12.1 Å². The van der Waals surface area contributed by atoms with Crippen LogP contribution in [0.1, 0.15) is 18.1 Å². The number of nitrogens with zero attached hydrogens (tertiary/aromatic N) is 1. The number of rotatable bonds is 2. The fourth-order valence-corrected chi connectivity index (χ4v) is 1.09. The van der Waals surface area contributed by atoms with E-state index in [9.17, 15) is 4.39 Å². The van der Waals surface area contributed by atoms with Gasteiger partial charge in [0.25, 0.3) is 0 Å². The minimum absolute atomic E-state index is 0.384. The highest BCUT2D eigenvalue weighted by Crippen LogP contribution is 2.08. The van der Waals surface area contributed by atoms with Crippen molar-refractivity contribution in [3.8, 4) is 6.07 Å². The van der Waals surface area contributed by atoms with E-state index in [0.29, 0.717) is 12.0 Å². The van der Waals surface area contributed by atoms with Crippen molar-refractivity contribution in [3.63, 3.8) is 0 Å². The van der Waals surface area contributed by atoms with E-state index in [1.54, 1.807) is 18.2 Å². The summed E-state index contributed by atoms with van der Waals surface area (Å²) in [6.45, 7) is 1.51. The molecule has 0 N–H and O–H groups in total. The highest BCUT2D eigenvalue weighted by atomic mass is 19.1. The summed E-state index contributed by atoms with van der Waals surface area (Å²) >= 11 is 0. The molecular weight excluding hydrogens is 153 g/mol. The summed E-state index contributed by atoms with van der Waals surface area (Å²) in [5.41, 5.74) is 1.47. The van der Waals surface area contributed by atoms with E-state index >= 15 is 0 Å². The van der Waals surface area contributed by atoms with Crippen LogP contribution in [-0.2, 0) is 6.42 Å². The largest absolute Gasteiger partial charge is 0.247 e. The third-order valence-electron chi connectivity index (χ3n) is 1.57. The predicted molar refractivity (Wildman–Crippen MR) is 45.4 cm³/mol. The van der Waals surface area contributed by atoms with Crippen LogP contribution >= 0.6 is 0 Å². The van der Waals surface area contributed by atoms with Crippen molar-refractivity contribution in [3.05, 3.63) is 35.4 Å². The van der Waals surface area contributed by atoms with Gasteiger partial charge in [0, 0.05) is 6.42 Å². The summed E-state index contributed by atoms with van der Waals surface area (Å²) in [6, 6.07) is 9.06. The Balaban J connectivity index is 2.81. The van der Waals surface area contributed by atoms with Crippen LogP contribution in [0.2, 0.25) is 0 Å². The van der Waals surface area contributed by atoms with Crippen LogP contribution < -0.4 is 0 Å². The molecular formula is C10H10FN. The molecule has 0 amide bonds. The van der Waals surface area contributed by atoms with Gasteiger partial charge in [0.1, 0.15) is 6.17 Å². The fraction of sp³-hybridized carbons (Fsp3) is 0.300. The Morgan fingerprint density at radius 1 is 1.58 bits per heavy atom. The van der Waals surface area contributed by atoms with E-state index in [1.165, 1.54) is 6.92 Å². The first kappa shape index (κ1) is 8.73. The van der Waals surface area contributed by atoms with Gasteiger partial charge in [-0.25, -0.2) is 4.39 Å². The van der Waals surface area contributed by atoms with Crippen LogP contribution in [0.3, 0.4) is 0 Å². The van der Waals surface area contributed by atoms with Crippen molar-refractivity contribution in [2.45, 2.75) is 19.5 Å². The lowest BCUT2D eigenvalue weighted by molar-refractivity contribution is 0.360. The SMILES string of the molecule is CC(F)Cc1cccc(C#N)c1. The maximum atomic E-state index is 12.5. The third kappa shape index (κ3) is 2.35. The summed E-state index contributed by atoms with van der Waals surface area (Å²) < 4.78 is 12.5. The van der Waals surface area contributed by atoms with E-state index in [4.69, 9.17) is 5.26 Å². The second kappa shape index (κ2) is 3.87. The number of halogens is 1. The van der Waals surface area contributed by atoms with Gasteiger partial charge >= 0.3 is 0 Å². The minimum Gasteiger partial charge on any atom is -0.247 e. The normalized spacial score (nSPS) is 12.1. The molecule has 0 aliphatic rings. The zero-order valence-electron chi connectivity index (χ0n) is 6.92. The molecule has 2 heteroatoms. The predicted octanol–water partition coefficient (Wildman–Crippen LogP) is 2.46. The third-order valence-corrected chi connectivity index (χ3v) is 1.57. The van der Waals surface area contributed by atoms with Crippen LogP contribution in [0.5, 0.6) is 0 Å². The van der Waals surface area contributed by atoms with E-state index in [0.717, 1.165) is 5.56 Å². The Morgan fingerprint density at radius 2 is 2.33 bits per heavy atom. The van der Waals surface area contributed by atoms with E-state index in [-0.39, 0.29) is 0 Å². The van der Waals surface area contributed by atoms with E-state index < -0.39 is 6.17 Å². The highest BCUT2D eigenvalue weighted by Gasteiger charge is 2.00. The van der Waals surface area contributed by atoms with Gasteiger partial charge in [-0.05, 0) is 24.6 Å². The summed E-state index contributed by atoms with van der Waals surface area (Å²) in [4.78, 5) is 0. The topological polar surface area (TPSA) is 23.8 Å². The van der Waals surface area contributed by atoms with Crippen LogP contribution in [0, 0.1) is 11.3 Å². The average Bonchev–Trinajstić information content (AvgIpc) is 2.03. The number of hydrogen-bond acceptors (Lipinski definition) is 1. The molecule has 0 saturated heterocycles. The molecule has 0 fully saturated rings. The van der Waals surface area contributed by atoms with Gasteiger partial charge in [-0.15, -0.1) is 0 Å². The highest BCUT2D eigenvalue weighted by molar-refractivity contribution is 5.32. The quantitative estimate of drug-likeness (QED) is 0.657. The molecule has 0 heterocycles. The van der Waals surface area contributed by atoms with Crippen molar-refractivity contribution in [1.29, 1.82) is 5.26 Å². The van der Waals surface area contributed by atoms with Crippen molar-refractivity contribution < 1.29 is 4.39 Å². The molecule has 0 spiro atoms. The Kier molecular flexibility index (Phi) is 2.82. The van der Waals surface area contributed by atoms with Crippen molar-refractivity contribution >= 4 is 0 Å². The van der Waals surface area contributed by atoms with Crippen LogP contribution in [0.4, 0.5) is 4.39 Å². The standard InChI is InChI=1S/C10H10FN/c1-8(11)5-9-3-2-4-10(6-9)7-12/h2-4,6,8H,5H2,1H3. The molecule has 12 heavy (non-hydrogen) atoms. The molecule has 0 radical (unpaired) electrons. The maximum absolute atomic E-state index is 12.5. The number of nitriles is 1. The zero-order chi connectivity index (χ0) is 8.97. The first-order valence-corrected chi connectivity index (χ1v) is 3.85. The van der Waals surface area contributed by atoms with Gasteiger partial charge in [0.05, 0.1) is 11.6 Å². The first-order valence-electron chi connectivity index (χ1n) is 3.85. The van der Waals surface area contributed by atoms with Crippen molar-refractivity contribution in [2.24, 2.45) is 0 Å². The summed E-state index contributed by atoms with van der Waals surface area (Å²) in [5.74, 6) is 0. The van der Waals surface area contributed by atoms with Gasteiger partial charge in [-0.3, -0.25) is 0 Å². The smallest absolute Gasteiger partial charge is 0.101 e. The van der Waals surface area contributed by atoms with Crippen molar-refractivity contribution in [1.82, 2.24) is 0 Å². The average molecular weight is 163 g/mol. The van der Waals surface area contributed by atoms with Crippen LogP contribution in [0.15, 0.2) is 24.3 Å². The number of benzene rings is 1. The molecule has 1 nitrogen and oxygen atoms in total. The lowest BCUT2D eigenvalue weighted by Crippen LogP contribution is -1.98. The van der Waals surface area contributed by atoms with Gasteiger partial charge in [-0.2, -0.15) is 5.26 Å². The van der Waals surface area contributed by atoms with Gasteiger partial charge in [-0.1, -0.05) is 12.1 Å². The van der Waals surface area contributed by atoms with Gasteiger partial charge < -0.3 is 0 Å². The Hall–Kier alpha value is -1.36. The summed E-state index contributed by atoms with van der Waals surface area (Å²) in [5, 5.41) is 8.55. The molecule has 1 atom stereocenters. The maximum Gasteiger partial charge on any atom is 0.101 e. The van der Waals surface area contributed by atoms with Gasteiger partial charge in [0.15, 0.2) is 0 Å². The minimum atomic E-state index is -0.848. The second-order valence-corrected chi connectivity index (χ2v) is 2.80. The first-order chi connectivity index (χ1) is 5.72. The van der Waals surface area contributed by atoms with Crippen LogP contribution in [-0.4, -0.2) is 6.17 Å².